The highest BCUT2D eigenvalue weighted by molar-refractivity contribution is 7.93. The van der Waals surface area contributed by atoms with Crippen LogP contribution in [-0.2, 0) is 14.6 Å². The molecule has 2 saturated heterocycles. The van der Waals surface area contributed by atoms with E-state index >= 15 is 0 Å². The van der Waals surface area contributed by atoms with E-state index in [9.17, 15) is 13.2 Å². The molecule has 0 N–H and O–H groups in total. The predicted molar refractivity (Wildman–Crippen MR) is 105 cm³/mol. The number of pyridine rings is 1. The lowest BCUT2D eigenvalue weighted by molar-refractivity contribution is 0.115. The SMILES string of the molecule is COC(=O)N1C2CCC1C(C)(S(=O)(=O)c1ccccc1)C2c1ccc(Cl)nc1. The van der Waals surface area contributed by atoms with Crippen molar-refractivity contribution in [2.24, 2.45) is 0 Å². The van der Waals surface area contributed by atoms with E-state index in [0.29, 0.717) is 18.0 Å². The van der Waals surface area contributed by atoms with Gasteiger partial charge < -0.3 is 4.74 Å². The third kappa shape index (κ3) is 2.56. The average molecular weight is 421 g/mol. The molecule has 3 heterocycles. The van der Waals surface area contributed by atoms with Crippen molar-refractivity contribution < 1.29 is 17.9 Å². The summed E-state index contributed by atoms with van der Waals surface area (Å²) < 4.78 is 31.4. The molecule has 2 fully saturated rings. The van der Waals surface area contributed by atoms with Crippen LogP contribution in [0, 0.1) is 0 Å². The number of carbonyl (C=O) groups is 1. The Hall–Kier alpha value is -2.12. The molecule has 0 saturated carbocycles. The normalized spacial score (nSPS) is 29.1. The van der Waals surface area contributed by atoms with E-state index in [2.05, 4.69) is 4.98 Å². The number of hydrogen-bond donors (Lipinski definition) is 0. The van der Waals surface area contributed by atoms with E-state index < -0.39 is 32.6 Å². The molecular formula is C20H21ClN2O4S. The summed E-state index contributed by atoms with van der Waals surface area (Å²) >= 11 is 5.94. The highest BCUT2D eigenvalue weighted by atomic mass is 35.5. The van der Waals surface area contributed by atoms with Gasteiger partial charge in [0, 0.05) is 18.2 Å². The predicted octanol–water partition coefficient (Wildman–Crippen LogP) is 3.66. The minimum Gasteiger partial charge on any atom is -0.453 e. The zero-order valence-electron chi connectivity index (χ0n) is 15.6. The van der Waals surface area contributed by atoms with Crippen molar-refractivity contribution in [2.45, 2.75) is 47.4 Å². The van der Waals surface area contributed by atoms with E-state index in [1.165, 1.54) is 7.11 Å². The van der Waals surface area contributed by atoms with Gasteiger partial charge in [-0.3, -0.25) is 4.90 Å². The van der Waals surface area contributed by atoms with Gasteiger partial charge in [-0.15, -0.1) is 0 Å². The minimum atomic E-state index is -3.76. The number of fused-ring (bicyclic) bond motifs is 2. The Kier molecular flexibility index (Phi) is 4.62. The number of benzene rings is 1. The summed E-state index contributed by atoms with van der Waals surface area (Å²) in [5.41, 5.74) is 0.757. The highest BCUT2D eigenvalue weighted by Gasteiger charge is 2.68. The van der Waals surface area contributed by atoms with Crippen molar-refractivity contribution in [1.82, 2.24) is 9.88 Å². The van der Waals surface area contributed by atoms with E-state index in [1.54, 1.807) is 60.5 Å². The quantitative estimate of drug-likeness (QED) is 0.708. The van der Waals surface area contributed by atoms with Gasteiger partial charge >= 0.3 is 6.09 Å². The largest absolute Gasteiger partial charge is 0.453 e. The number of methoxy groups -OCH3 is 1. The molecule has 4 atom stereocenters. The van der Waals surface area contributed by atoms with Crippen LogP contribution in [0.5, 0.6) is 0 Å². The first-order valence-corrected chi connectivity index (χ1v) is 11.0. The van der Waals surface area contributed by atoms with Gasteiger partial charge in [0.1, 0.15) is 9.90 Å². The van der Waals surface area contributed by atoms with Crippen molar-refractivity contribution in [1.29, 1.82) is 0 Å². The maximum absolute atomic E-state index is 13.8. The molecule has 0 radical (unpaired) electrons. The van der Waals surface area contributed by atoms with Crippen LogP contribution >= 0.6 is 11.6 Å². The summed E-state index contributed by atoms with van der Waals surface area (Å²) in [4.78, 5) is 18.5. The van der Waals surface area contributed by atoms with E-state index in [1.807, 2.05) is 0 Å². The van der Waals surface area contributed by atoms with Crippen molar-refractivity contribution in [2.75, 3.05) is 7.11 Å². The molecule has 2 aliphatic heterocycles. The molecule has 0 spiro atoms. The highest BCUT2D eigenvalue weighted by Crippen LogP contribution is 2.57. The maximum Gasteiger partial charge on any atom is 0.410 e. The lowest BCUT2D eigenvalue weighted by Gasteiger charge is -2.38. The zero-order chi connectivity index (χ0) is 20.1. The smallest absolute Gasteiger partial charge is 0.410 e. The van der Waals surface area contributed by atoms with Gasteiger partial charge in [0.05, 0.1) is 18.0 Å². The van der Waals surface area contributed by atoms with Crippen LogP contribution in [0.15, 0.2) is 53.6 Å². The van der Waals surface area contributed by atoms with Gasteiger partial charge in [-0.05, 0) is 43.5 Å². The molecule has 1 aromatic heterocycles. The Balaban J connectivity index is 1.91. The van der Waals surface area contributed by atoms with Gasteiger partial charge in [0.15, 0.2) is 9.84 Å². The summed E-state index contributed by atoms with van der Waals surface area (Å²) in [7, 11) is -2.44. The molecule has 1 aromatic carbocycles. The van der Waals surface area contributed by atoms with Crippen LogP contribution in [0.3, 0.4) is 0 Å². The zero-order valence-corrected chi connectivity index (χ0v) is 17.2. The first-order valence-electron chi connectivity index (χ1n) is 9.09. The number of rotatable bonds is 3. The summed E-state index contributed by atoms with van der Waals surface area (Å²) in [6, 6.07) is 11.1. The minimum absolute atomic E-state index is 0.252. The van der Waals surface area contributed by atoms with E-state index in [-0.39, 0.29) is 10.9 Å². The number of carbonyl (C=O) groups excluding carboxylic acids is 1. The van der Waals surface area contributed by atoms with Crippen LogP contribution in [0.2, 0.25) is 5.15 Å². The molecular weight excluding hydrogens is 400 g/mol. The second kappa shape index (κ2) is 6.74. The van der Waals surface area contributed by atoms with Crippen molar-refractivity contribution >= 4 is 27.5 Å². The van der Waals surface area contributed by atoms with Crippen LogP contribution < -0.4 is 0 Å². The van der Waals surface area contributed by atoms with Gasteiger partial charge in [0.25, 0.3) is 0 Å². The van der Waals surface area contributed by atoms with E-state index in [4.69, 9.17) is 16.3 Å². The Bertz CT molecular complexity index is 997. The summed E-state index contributed by atoms with van der Waals surface area (Å²) in [5.74, 6) is -0.430. The number of hydrogen-bond acceptors (Lipinski definition) is 5. The van der Waals surface area contributed by atoms with Gasteiger partial charge in [-0.1, -0.05) is 35.9 Å². The van der Waals surface area contributed by atoms with Crippen LogP contribution in [0.4, 0.5) is 4.79 Å². The monoisotopic (exact) mass is 420 g/mol. The summed E-state index contributed by atoms with van der Waals surface area (Å²) in [6.07, 6.45) is 2.45. The number of nitrogens with zero attached hydrogens (tertiary/aromatic N) is 2. The third-order valence-electron chi connectivity index (χ3n) is 6.22. The molecule has 2 aliphatic rings. The Morgan fingerprint density at radius 3 is 2.54 bits per heavy atom. The fraction of sp³-hybridized carbons (Fsp3) is 0.400. The molecule has 1 amide bonds. The molecule has 6 nitrogen and oxygen atoms in total. The van der Waals surface area contributed by atoms with Gasteiger partial charge in [-0.25, -0.2) is 18.2 Å². The summed E-state index contributed by atoms with van der Waals surface area (Å²) in [6.45, 7) is 1.74. The Morgan fingerprint density at radius 2 is 1.93 bits per heavy atom. The fourth-order valence-corrected chi connectivity index (χ4v) is 7.36. The van der Waals surface area contributed by atoms with Crippen molar-refractivity contribution in [3.05, 3.63) is 59.4 Å². The molecule has 2 aromatic rings. The molecule has 4 unspecified atom stereocenters. The first-order chi connectivity index (χ1) is 13.3. The molecule has 2 bridgehead atoms. The second-order valence-corrected chi connectivity index (χ2v) is 10.2. The molecule has 28 heavy (non-hydrogen) atoms. The van der Waals surface area contributed by atoms with Crippen LogP contribution in [-0.4, -0.2) is 48.3 Å². The van der Waals surface area contributed by atoms with E-state index in [0.717, 1.165) is 5.56 Å². The second-order valence-electron chi connectivity index (χ2n) is 7.43. The van der Waals surface area contributed by atoms with Crippen LogP contribution in [0.1, 0.15) is 31.2 Å². The van der Waals surface area contributed by atoms with Gasteiger partial charge in [0.2, 0.25) is 0 Å². The molecule has 4 rings (SSSR count). The Labute approximate surface area is 169 Å². The topological polar surface area (TPSA) is 76.6 Å². The standard InChI is InChI=1S/C20H21ClN2O4S/c1-20(28(25,26)14-6-4-3-5-7-14)16-10-9-15(23(16)19(24)27-2)18(20)13-8-11-17(21)22-12-13/h3-8,11-12,15-16,18H,9-10H2,1-2H3. The maximum atomic E-state index is 13.8. The average Bonchev–Trinajstić information content (AvgIpc) is 3.24. The third-order valence-corrected chi connectivity index (χ3v) is 9.02. The molecule has 148 valence electrons. The summed E-state index contributed by atoms with van der Waals surface area (Å²) in [5, 5.41) is 0.337. The fourth-order valence-electron chi connectivity index (χ4n) is 5.01. The number of amides is 1. The lowest BCUT2D eigenvalue weighted by Crippen LogP contribution is -2.51. The number of ether oxygens (including phenoxy) is 1. The van der Waals surface area contributed by atoms with Crippen molar-refractivity contribution in [3.63, 3.8) is 0 Å². The number of sulfone groups is 1. The van der Waals surface area contributed by atoms with Gasteiger partial charge in [-0.2, -0.15) is 0 Å². The molecule has 0 aliphatic carbocycles. The number of halogens is 1. The van der Waals surface area contributed by atoms with Crippen LogP contribution in [0.25, 0.3) is 0 Å². The first kappa shape index (κ1) is 19.2. The molecule has 8 heteroatoms. The lowest BCUT2D eigenvalue weighted by atomic mass is 9.76. The number of aromatic nitrogens is 1. The Morgan fingerprint density at radius 1 is 1.21 bits per heavy atom. The van der Waals surface area contributed by atoms with Crippen molar-refractivity contribution in [3.8, 4) is 0 Å².